The van der Waals surface area contributed by atoms with E-state index in [2.05, 4.69) is 11.8 Å². The van der Waals surface area contributed by atoms with Gasteiger partial charge in [0.2, 0.25) is 5.91 Å². The molecule has 1 unspecified atom stereocenters. The largest absolute Gasteiger partial charge is 0.493 e. The van der Waals surface area contributed by atoms with Crippen LogP contribution in [0.4, 0.5) is 0 Å². The van der Waals surface area contributed by atoms with Crippen LogP contribution >= 0.6 is 0 Å². The molecule has 1 aromatic rings. The molecule has 2 rings (SSSR count). The fourth-order valence-corrected chi connectivity index (χ4v) is 3.21. The Bertz CT molecular complexity index is 501. The molecule has 1 amide bonds. The van der Waals surface area contributed by atoms with Gasteiger partial charge in [0, 0.05) is 19.0 Å². The van der Waals surface area contributed by atoms with Gasteiger partial charge in [0.15, 0.2) is 11.5 Å². The number of ether oxygens (including phenoxy) is 2. The van der Waals surface area contributed by atoms with Crippen molar-refractivity contribution in [3.63, 3.8) is 0 Å². The van der Waals surface area contributed by atoms with Crippen LogP contribution in [-0.4, -0.2) is 37.6 Å². The Morgan fingerprint density at radius 2 is 2.05 bits per heavy atom. The number of nitrogens with zero attached hydrogens (tertiary/aromatic N) is 1. The minimum atomic E-state index is 0.310. The molecule has 0 saturated carbocycles. The van der Waals surface area contributed by atoms with E-state index in [0.29, 0.717) is 18.4 Å². The van der Waals surface area contributed by atoms with Crippen LogP contribution in [0.2, 0.25) is 0 Å². The lowest BCUT2D eigenvalue weighted by Gasteiger charge is -2.23. The maximum absolute atomic E-state index is 12.3. The van der Waals surface area contributed by atoms with Crippen molar-refractivity contribution >= 4 is 5.91 Å². The Morgan fingerprint density at radius 1 is 1.27 bits per heavy atom. The molecule has 0 bridgehead atoms. The lowest BCUT2D eigenvalue weighted by Crippen LogP contribution is -2.34. The predicted octanol–water partition coefficient (Wildman–Crippen LogP) is 3.43. The van der Waals surface area contributed by atoms with Gasteiger partial charge in [-0.15, -0.1) is 0 Å². The van der Waals surface area contributed by atoms with Gasteiger partial charge in [0.25, 0.3) is 0 Å². The number of hydrogen-bond acceptors (Lipinski definition) is 3. The summed E-state index contributed by atoms with van der Waals surface area (Å²) in [6.45, 7) is 3.10. The highest BCUT2D eigenvalue weighted by atomic mass is 16.5. The normalized spacial score (nSPS) is 17.6. The highest BCUT2D eigenvalue weighted by Gasteiger charge is 2.26. The average Bonchev–Trinajstić information content (AvgIpc) is 3.03. The minimum absolute atomic E-state index is 0.310. The zero-order valence-corrected chi connectivity index (χ0v) is 13.9. The third kappa shape index (κ3) is 3.93. The van der Waals surface area contributed by atoms with Crippen LogP contribution in [0.25, 0.3) is 0 Å². The predicted molar refractivity (Wildman–Crippen MR) is 87.5 cm³/mol. The minimum Gasteiger partial charge on any atom is -0.493 e. The summed E-state index contributed by atoms with van der Waals surface area (Å²) in [7, 11) is 3.28. The van der Waals surface area contributed by atoms with Crippen LogP contribution in [0.1, 0.15) is 44.6 Å². The van der Waals surface area contributed by atoms with Crippen molar-refractivity contribution in [1.29, 1.82) is 0 Å². The van der Waals surface area contributed by atoms with Gasteiger partial charge < -0.3 is 14.4 Å². The summed E-state index contributed by atoms with van der Waals surface area (Å²) in [5, 5.41) is 0. The number of benzene rings is 1. The highest BCUT2D eigenvalue weighted by Crippen LogP contribution is 2.28. The van der Waals surface area contributed by atoms with E-state index in [1.807, 2.05) is 18.2 Å². The lowest BCUT2D eigenvalue weighted by molar-refractivity contribution is -0.132. The van der Waals surface area contributed by atoms with Crippen molar-refractivity contribution in [3.05, 3.63) is 23.8 Å². The molecule has 1 aromatic carbocycles. The van der Waals surface area contributed by atoms with Crippen molar-refractivity contribution < 1.29 is 14.3 Å². The molecule has 4 nitrogen and oxygen atoms in total. The van der Waals surface area contributed by atoms with Crippen LogP contribution in [0.5, 0.6) is 11.5 Å². The van der Waals surface area contributed by atoms with Gasteiger partial charge >= 0.3 is 0 Å². The van der Waals surface area contributed by atoms with Crippen LogP contribution in [0.3, 0.4) is 0 Å². The first-order chi connectivity index (χ1) is 10.7. The molecular formula is C18H27NO3. The summed E-state index contributed by atoms with van der Waals surface area (Å²) in [6, 6.07) is 6.42. The van der Waals surface area contributed by atoms with Crippen LogP contribution < -0.4 is 9.47 Å². The number of carbonyl (C=O) groups is 1. The topological polar surface area (TPSA) is 38.8 Å². The number of carbonyl (C=O) groups excluding carboxylic acids is 1. The van der Waals surface area contributed by atoms with E-state index >= 15 is 0 Å². The number of methoxy groups -OCH3 is 2. The molecule has 1 aliphatic rings. The maximum Gasteiger partial charge on any atom is 0.222 e. The zero-order valence-electron chi connectivity index (χ0n) is 13.9. The summed E-state index contributed by atoms with van der Waals surface area (Å²) in [6.07, 6.45) is 5.78. The Hall–Kier alpha value is -1.71. The SMILES string of the molecule is CCC1CCCN1C(=O)CCCc1ccc(OC)c(OC)c1. The molecule has 0 N–H and O–H groups in total. The summed E-state index contributed by atoms with van der Waals surface area (Å²) in [4.78, 5) is 14.4. The Kier molecular flexibility index (Phi) is 6.10. The summed E-state index contributed by atoms with van der Waals surface area (Å²) >= 11 is 0. The molecule has 0 aliphatic carbocycles. The van der Waals surface area contributed by atoms with Gasteiger partial charge in [0.1, 0.15) is 0 Å². The standard InChI is InChI=1S/C18H27NO3/c1-4-15-8-6-12-19(15)18(20)9-5-7-14-10-11-16(21-2)17(13-14)22-3/h10-11,13,15H,4-9,12H2,1-3H3. The molecule has 122 valence electrons. The second-order valence-corrected chi connectivity index (χ2v) is 5.83. The molecule has 0 aromatic heterocycles. The monoisotopic (exact) mass is 305 g/mol. The molecule has 4 heteroatoms. The average molecular weight is 305 g/mol. The Labute approximate surface area is 133 Å². The number of hydrogen-bond donors (Lipinski definition) is 0. The van der Waals surface area contributed by atoms with E-state index in [1.165, 1.54) is 5.56 Å². The number of rotatable bonds is 7. The van der Waals surface area contributed by atoms with Gasteiger partial charge in [-0.1, -0.05) is 13.0 Å². The first kappa shape index (κ1) is 16.7. The van der Waals surface area contributed by atoms with Gasteiger partial charge in [0.05, 0.1) is 14.2 Å². The summed E-state index contributed by atoms with van der Waals surface area (Å²) in [5.41, 5.74) is 1.18. The van der Waals surface area contributed by atoms with Gasteiger partial charge in [-0.3, -0.25) is 4.79 Å². The van der Waals surface area contributed by atoms with E-state index < -0.39 is 0 Å². The number of amides is 1. The smallest absolute Gasteiger partial charge is 0.222 e. The fraction of sp³-hybridized carbons (Fsp3) is 0.611. The van der Waals surface area contributed by atoms with E-state index in [4.69, 9.17) is 9.47 Å². The Morgan fingerprint density at radius 3 is 2.73 bits per heavy atom. The molecule has 1 fully saturated rings. The molecule has 22 heavy (non-hydrogen) atoms. The van der Waals surface area contributed by atoms with Crippen LogP contribution in [0, 0.1) is 0 Å². The molecule has 1 aliphatic heterocycles. The third-order valence-electron chi connectivity index (χ3n) is 4.47. The number of likely N-dealkylation sites (tertiary alicyclic amines) is 1. The van der Waals surface area contributed by atoms with Crippen molar-refractivity contribution in [2.45, 2.75) is 51.5 Å². The summed E-state index contributed by atoms with van der Waals surface area (Å²) in [5.74, 6) is 1.80. The van der Waals surface area contributed by atoms with E-state index in [0.717, 1.165) is 50.1 Å². The third-order valence-corrected chi connectivity index (χ3v) is 4.47. The van der Waals surface area contributed by atoms with E-state index in [-0.39, 0.29) is 0 Å². The molecule has 0 spiro atoms. The van der Waals surface area contributed by atoms with Gasteiger partial charge in [-0.05, 0) is 49.8 Å². The zero-order chi connectivity index (χ0) is 15.9. The van der Waals surface area contributed by atoms with Gasteiger partial charge in [-0.2, -0.15) is 0 Å². The molecule has 1 heterocycles. The van der Waals surface area contributed by atoms with Crippen molar-refractivity contribution in [2.75, 3.05) is 20.8 Å². The Balaban J connectivity index is 1.84. The van der Waals surface area contributed by atoms with Crippen molar-refractivity contribution in [3.8, 4) is 11.5 Å². The number of aryl methyl sites for hydroxylation is 1. The molecule has 1 atom stereocenters. The van der Waals surface area contributed by atoms with Gasteiger partial charge in [-0.25, -0.2) is 0 Å². The highest BCUT2D eigenvalue weighted by molar-refractivity contribution is 5.76. The van der Waals surface area contributed by atoms with Crippen molar-refractivity contribution in [2.24, 2.45) is 0 Å². The van der Waals surface area contributed by atoms with Crippen LogP contribution in [-0.2, 0) is 11.2 Å². The summed E-state index contributed by atoms with van der Waals surface area (Å²) < 4.78 is 10.6. The molecule has 0 radical (unpaired) electrons. The first-order valence-corrected chi connectivity index (χ1v) is 8.20. The van der Waals surface area contributed by atoms with E-state index in [9.17, 15) is 4.79 Å². The second kappa shape index (κ2) is 8.06. The first-order valence-electron chi connectivity index (χ1n) is 8.20. The van der Waals surface area contributed by atoms with Crippen LogP contribution in [0.15, 0.2) is 18.2 Å². The second-order valence-electron chi connectivity index (χ2n) is 5.83. The molecule has 1 saturated heterocycles. The fourth-order valence-electron chi connectivity index (χ4n) is 3.21. The molecular weight excluding hydrogens is 278 g/mol. The lowest BCUT2D eigenvalue weighted by atomic mass is 10.1. The van der Waals surface area contributed by atoms with Crippen molar-refractivity contribution in [1.82, 2.24) is 4.90 Å². The quantitative estimate of drug-likeness (QED) is 0.774. The van der Waals surface area contributed by atoms with E-state index in [1.54, 1.807) is 14.2 Å². The maximum atomic E-state index is 12.3.